The van der Waals surface area contributed by atoms with Crippen LogP contribution in [0.2, 0.25) is 0 Å². The van der Waals surface area contributed by atoms with Crippen molar-refractivity contribution in [3.05, 3.63) is 47.7 Å². The number of benzene rings is 1. The number of nitrogens with one attached hydrogen (secondary N) is 1. The van der Waals surface area contributed by atoms with Gasteiger partial charge in [-0.15, -0.1) is 0 Å². The topological polar surface area (TPSA) is 60.2 Å². The molecule has 1 aromatic carbocycles. The van der Waals surface area contributed by atoms with Crippen molar-refractivity contribution in [3.8, 4) is 5.75 Å². The third-order valence-electron chi connectivity index (χ3n) is 3.11. The Morgan fingerprint density at radius 3 is 2.60 bits per heavy atom. The molecule has 1 aromatic heterocycles. The second-order valence-corrected chi connectivity index (χ2v) is 5.06. The molecule has 0 aliphatic heterocycles. The van der Waals surface area contributed by atoms with Gasteiger partial charge < -0.3 is 15.8 Å². The van der Waals surface area contributed by atoms with Gasteiger partial charge in [0.25, 0.3) is 0 Å². The van der Waals surface area contributed by atoms with Crippen LogP contribution in [-0.2, 0) is 0 Å². The lowest BCUT2D eigenvalue weighted by Gasteiger charge is -2.17. The molecule has 20 heavy (non-hydrogen) atoms. The first-order chi connectivity index (χ1) is 9.56. The van der Waals surface area contributed by atoms with Gasteiger partial charge in [-0.3, -0.25) is 0 Å². The van der Waals surface area contributed by atoms with E-state index in [4.69, 9.17) is 10.5 Å². The Morgan fingerprint density at radius 1 is 1.20 bits per heavy atom. The number of ether oxygens (including phenoxy) is 1. The van der Waals surface area contributed by atoms with Gasteiger partial charge in [0.1, 0.15) is 18.2 Å². The predicted octanol–water partition coefficient (Wildman–Crippen LogP) is 3.16. The lowest BCUT2D eigenvalue weighted by Crippen LogP contribution is -2.24. The maximum atomic E-state index is 5.99. The first kappa shape index (κ1) is 14.2. The third kappa shape index (κ3) is 3.63. The highest BCUT2D eigenvalue weighted by molar-refractivity contribution is 5.65. The molecular weight excluding hydrogens is 250 g/mol. The van der Waals surface area contributed by atoms with Crippen LogP contribution in [0.3, 0.4) is 0 Å². The number of aromatic nitrogens is 1. The quantitative estimate of drug-likeness (QED) is 0.877. The zero-order valence-corrected chi connectivity index (χ0v) is 12.2. The fraction of sp³-hybridized carbons (Fsp3) is 0.312. The zero-order chi connectivity index (χ0) is 14.5. The van der Waals surface area contributed by atoms with Crippen molar-refractivity contribution in [1.82, 2.24) is 4.98 Å². The number of nitrogens with zero attached hydrogens (tertiary/aromatic N) is 1. The first-order valence-corrected chi connectivity index (χ1v) is 6.73. The van der Waals surface area contributed by atoms with Crippen molar-refractivity contribution in [2.45, 2.75) is 26.8 Å². The van der Waals surface area contributed by atoms with Crippen LogP contribution in [0, 0.1) is 13.8 Å². The summed E-state index contributed by atoms with van der Waals surface area (Å²) in [6, 6.07) is 10.0. The molecule has 2 aromatic rings. The van der Waals surface area contributed by atoms with Crippen molar-refractivity contribution >= 4 is 11.5 Å². The van der Waals surface area contributed by atoms with Crippen LogP contribution in [0.5, 0.6) is 5.75 Å². The summed E-state index contributed by atoms with van der Waals surface area (Å²) in [6.07, 6.45) is 1.75. The normalized spacial score (nSPS) is 11.9. The van der Waals surface area contributed by atoms with E-state index in [1.165, 1.54) is 5.56 Å². The van der Waals surface area contributed by atoms with Crippen molar-refractivity contribution in [1.29, 1.82) is 0 Å². The Labute approximate surface area is 120 Å². The first-order valence-electron chi connectivity index (χ1n) is 6.73. The van der Waals surface area contributed by atoms with E-state index in [1.807, 2.05) is 44.2 Å². The highest BCUT2D eigenvalue weighted by Gasteiger charge is 2.08. The van der Waals surface area contributed by atoms with Gasteiger partial charge >= 0.3 is 0 Å². The zero-order valence-electron chi connectivity index (χ0n) is 12.2. The number of hydrogen-bond acceptors (Lipinski definition) is 4. The predicted molar refractivity (Wildman–Crippen MR) is 83.1 cm³/mol. The third-order valence-corrected chi connectivity index (χ3v) is 3.11. The van der Waals surface area contributed by atoms with Gasteiger partial charge in [-0.2, -0.15) is 0 Å². The number of anilines is 2. The molecule has 0 aliphatic carbocycles. The Hall–Kier alpha value is -2.23. The summed E-state index contributed by atoms with van der Waals surface area (Å²) in [5.74, 6) is 1.58. The van der Waals surface area contributed by atoms with Gasteiger partial charge in [0.05, 0.1) is 11.7 Å². The van der Waals surface area contributed by atoms with Gasteiger partial charge in [0.2, 0.25) is 0 Å². The Bertz CT molecular complexity index is 566. The van der Waals surface area contributed by atoms with E-state index in [9.17, 15) is 0 Å². The number of hydrogen-bond donors (Lipinski definition) is 2. The number of aryl methyl sites for hydroxylation is 2. The molecule has 0 saturated carbocycles. The monoisotopic (exact) mass is 271 g/mol. The largest absolute Gasteiger partial charge is 0.491 e. The smallest absolute Gasteiger partial charge is 0.149 e. The lowest BCUT2D eigenvalue weighted by atomic mass is 10.2. The van der Waals surface area contributed by atoms with Crippen molar-refractivity contribution in [2.24, 2.45) is 0 Å². The molecular formula is C16H21N3O. The molecule has 0 bridgehead atoms. The van der Waals surface area contributed by atoms with E-state index >= 15 is 0 Å². The maximum Gasteiger partial charge on any atom is 0.149 e. The van der Waals surface area contributed by atoms with Gasteiger partial charge in [-0.1, -0.05) is 17.7 Å². The SMILES string of the molecule is Cc1ccc(OCC(C)Nc2nccc(C)c2N)cc1. The van der Waals surface area contributed by atoms with Crippen LogP contribution in [-0.4, -0.2) is 17.6 Å². The molecule has 0 radical (unpaired) electrons. The summed E-state index contributed by atoms with van der Waals surface area (Å²) < 4.78 is 5.73. The number of nitrogens with two attached hydrogens (primary N) is 1. The average Bonchev–Trinajstić information content (AvgIpc) is 2.43. The second kappa shape index (κ2) is 6.28. The van der Waals surface area contributed by atoms with Crippen LogP contribution < -0.4 is 15.8 Å². The molecule has 1 heterocycles. The molecule has 106 valence electrons. The van der Waals surface area contributed by atoms with E-state index in [0.29, 0.717) is 18.1 Å². The van der Waals surface area contributed by atoms with Gasteiger partial charge in [-0.05, 0) is 44.5 Å². The molecule has 0 fully saturated rings. The molecule has 0 amide bonds. The van der Waals surface area contributed by atoms with Crippen molar-refractivity contribution in [2.75, 3.05) is 17.7 Å². The fourth-order valence-electron chi connectivity index (χ4n) is 1.82. The van der Waals surface area contributed by atoms with Crippen molar-refractivity contribution < 1.29 is 4.74 Å². The average molecular weight is 271 g/mol. The standard InChI is InChI=1S/C16H21N3O/c1-11-4-6-14(7-5-11)20-10-13(3)19-16-15(17)12(2)8-9-18-16/h4-9,13H,10,17H2,1-3H3,(H,18,19). The molecule has 0 saturated heterocycles. The van der Waals surface area contributed by atoms with Gasteiger partial charge in [0.15, 0.2) is 0 Å². The molecule has 2 rings (SSSR count). The van der Waals surface area contributed by atoms with Gasteiger partial charge in [-0.25, -0.2) is 4.98 Å². The molecule has 0 aliphatic rings. The minimum absolute atomic E-state index is 0.118. The van der Waals surface area contributed by atoms with E-state index < -0.39 is 0 Å². The van der Waals surface area contributed by atoms with Gasteiger partial charge in [0, 0.05) is 6.20 Å². The van der Waals surface area contributed by atoms with E-state index in [0.717, 1.165) is 11.3 Å². The van der Waals surface area contributed by atoms with Crippen LogP contribution in [0.1, 0.15) is 18.1 Å². The Morgan fingerprint density at radius 2 is 1.90 bits per heavy atom. The van der Waals surface area contributed by atoms with E-state index in [2.05, 4.69) is 17.2 Å². The van der Waals surface area contributed by atoms with Crippen molar-refractivity contribution in [3.63, 3.8) is 0 Å². The highest BCUT2D eigenvalue weighted by Crippen LogP contribution is 2.19. The van der Waals surface area contributed by atoms with E-state index in [1.54, 1.807) is 6.20 Å². The van der Waals surface area contributed by atoms with Crippen LogP contribution >= 0.6 is 0 Å². The van der Waals surface area contributed by atoms with Crippen LogP contribution in [0.4, 0.5) is 11.5 Å². The summed E-state index contributed by atoms with van der Waals surface area (Å²) >= 11 is 0. The summed E-state index contributed by atoms with van der Waals surface area (Å²) in [5.41, 5.74) is 8.92. The van der Waals surface area contributed by atoms with Crippen LogP contribution in [0.25, 0.3) is 0 Å². The number of rotatable bonds is 5. The number of pyridine rings is 1. The summed E-state index contributed by atoms with van der Waals surface area (Å²) in [4.78, 5) is 4.25. The molecule has 1 unspecified atom stereocenters. The summed E-state index contributed by atoms with van der Waals surface area (Å²) in [5, 5.41) is 3.27. The maximum absolute atomic E-state index is 5.99. The molecule has 0 spiro atoms. The summed E-state index contributed by atoms with van der Waals surface area (Å²) in [6.45, 7) is 6.62. The molecule has 4 nitrogen and oxygen atoms in total. The second-order valence-electron chi connectivity index (χ2n) is 5.06. The highest BCUT2D eigenvalue weighted by atomic mass is 16.5. The number of nitrogen functional groups attached to an aromatic ring is 1. The molecule has 1 atom stereocenters. The fourth-order valence-corrected chi connectivity index (χ4v) is 1.82. The minimum Gasteiger partial charge on any atom is -0.491 e. The minimum atomic E-state index is 0.118. The molecule has 4 heteroatoms. The Kier molecular flexibility index (Phi) is 4.45. The summed E-state index contributed by atoms with van der Waals surface area (Å²) in [7, 11) is 0. The lowest BCUT2D eigenvalue weighted by molar-refractivity contribution is 0.303. The van der Waals surface area contributed by atoms with E-state index in [-0.39, 0.29) is 6.04 Å². The Balaban J connectivity index is 1.91. The van der Waals surface area contributed by atoms with Crippen LogP contribution in [0.15, 0.2) is 36.5 Å². The molecule has 3 N–H and O–H groups in total.